The molecular weight excluding hydrogens is 428 g/mol. The summed E-state index contributed by atoms with van der Waals surface area (Å²) in [6.07, 6.45) is 3.02. The van der Waals surface area contributed by atoms with Gasteiger partial charge in [0.05, 0.1) is 9.82 Å². The molecule has 12 heteroatoms. The van der Waals surface area contributed by atoms with E-state index in [1.165, 1.54) is 28.7 Å². The summed E-state index contributed by atoms with van der Waals surface area (Å²) in [4.78, 5) is 26.8. The number of fused-ring (bicyclic) bond motifs is 1. The predicted octanol–water partition coefficient (Wildman–Crippen LogP) is 1.80. The van der Waals surface area contributed by atoms with Crippen molar-refractivity contribution >= 4 is 27.3 Å². The van der Waals surface area contributed by atoms with Crippen LogP contribution in [-0.2, 0) is 14.8 Å². The van der Waals surface area contributed by atoms with Crippen molar-refractivity contribution < 1.29 is 27.6 Å². The number of hydrogen-bond donors (Lipinski definition) is 1. The number of rotatable bonds is 5. The molecule has 0 atom stereocenters. The monoisotopic (exact) mass is 448 g/mol. The number of benzene rings is 1. The van der Waals surface area contributed by atoms with E-state index < -0.39 is 20.9 Å². The van der Waals surface area contributed by atoms with Gasteiger partial charge >= 0.3 is 5.69 Å². The molecule has 1 aromatic heterocycles. The molecule has 31 heavy (non-hydrogen) atoms. The molecule has 0 radical (unpaired) electrons. The highest BCUT2D eigenvalue weighted by Crippen LogP contribution is 2.34. The Balaban J connectivity index is 1.41. The minimum Gasteiger partial charge on any atom is -0.486 e. The number of aromatic nitrogens is 1. The first-order valence-electron chi connectivity index (χ1n) is 9.65. The summed E-state index contributed by atoms with van der Waals surface area (Å²) >= 11 is 0. The Morgan fingerprint density at radius 2 is 1.87 bits per heavy atom. The fourth-order valence-electron chi connectivity index (χ4n) is 3.56. The first-order chi connectivity index (χ1) is 14.9. The van der Waals surface area contributed by atoms with Gasteiger partial charge < -0.3 is 14.8 Å². The molecule has 1 fully saturated rings. The summed E-state index contributed by atoms with van der Waals surface area (Å²) in [6.45, 7) is 1.09. The second kappa shape index (κ2) is 8.47. The summed E-state index contributed by atoms with van der Waals surface area (Å²) in [5.41, 5.74) is -0.231. The number of nitro groups is 1. The number of amides is 1. The maximum Gasteiger partial charge on any atom is 0.310 e. The zero-order valence-corrected chi connectivity index (χ0v) is 17.2. The van der Waals surface area contributed by atoms with Crippen molar-refractivity contribution in [3.63, 3.8) is 0 Å². The third-order valence-corrected chi connectivity index (χ3v) is 7.13. The fourth-order valence-corrected chi connectivity index (χ4v) is 5.05. The molecule has 164 valence electrons. The number of piperidine rings is 1. The highest BCUT2D eigenvalue weighted by atomic mass is 32.2. The highest BCUT2D eigenvalue weighted by molar-refractivity contribution is 7.89. The molecule has 0 saturated carbocycles. The van der Waals surface area contributed by atoms with E-state index in [-0.39, 0.29) is 35.3 Å². The largest absolute Gasteiger partial charge is 0.486 e. The van der Waals surface area contributed by atoms with Crippen molar-refractivity contribution in [2.75, 3.05) is 31.6 Å². The molecule has 1 amide bonds. The SMILES string of the molecule is O=C(Nc1ccncc1[N+](=O)[O-])C1CCN(S(=O)(=O)c2ccc3c(c2)OCCO3)CC1. The normalized spacial score (nSPS) is 17.2. The molecule has 1 N–H and O–H groups in total. The van der Waals surface area contributed by atoms with E-state index in [0.29, 0.717) is 37.6 Å². The summed E-state index contributed by atoms with van der Waals surface area (Å²) in [5, 5.41) is 13.6. The summed E-state index contributed by atoms with van der Waals surface area (Å²) in [6, 6.07) is 5.86. The van der Waals surface area contributed by atoms with Crippen LogP contribution in [0.3, 0.4) is 0 Å². The average Bonchev–Trinajstić information content (AvgIpc) is 2.79. The molecule has 2 aliphatic heterocycles. The third kappa shape index (κ3) is 4.30. The van der Waals surface area contributed by atoms with Gasteiger partial charge in [0.2, 0.25) is 15.9 Å². The van der Waals surface area contributed by atoms with Crippen molar-refractivity contribution in [1.29, 1.82) is 0 Å². The Hall–Kier alpha value is -3.25. The van der Waals surface area contributed by atoms with E-state index in [2.05, 4.69) is 10.3 Å². The van der Waals surface area contributed by atoms with Crippen molar-refractivity contribution in [1.82, 2.24) is 9.29 Å². The van der Waals surface area contributed by atoms with Crippen LogP contribution >= 0.6 is 0 Å². The second-order valence-corrected chi connectivity index (χ2v) is 9.06. The first kappa shape index (κ1) is 21.0. The van der Waals surface area contributed by atoms with E-state index in [0.717, 1.165) is 6.20 Å². The zero-order valence-electron chi connectivity index (χ0n) is 16.4. The molecule has 2 aliphatic rings. The van der Waals surface area contributed by atoms with Crippen LogP contribution in [0.2, 0.25) is 0 Å². The number of anilines is 1. The molecule has 11 nitrogen and oxygen atoms in total. The fraction of sp³-hybridized carbons (Fsp3) is 0.368. The summed E-state index contributed by atoms with van der Waals surface area (Å²) < 4.78 is 38.2. The van der Waals surface area contributed by atoms with Gasteiger partial charge in [-0.2, -0.15) is 4.31 Å². The molecule has 2 aromatic rings. The Labute approximate surface area is 178 Å². The quantitative estimate of drug-likeness (QED) is 0.539. The lowest BCUT2D eigenvalue weighted by atomic mass is 9.97. The van der Waals surface area contributed by atoms with Gasteiger partial charge in [-0.3, -0.25) is 19.9 Å². The molecule has 1 aromatic carbocycles. The molecule has 0 unspecified atom stereocenters. The molecule has 4 rings (SSSR count). The van der Waals surface area contributed by atoms with E-state index in [4.69, 9.17) is 9.47 Å². The summed E-state index contributed by atoms with van der Waals surface area (Å²) in [5.74, 6) is 0.0523. The van der Waals surface area contributed by atoms with Gasteiger partial charge in [-0.1, -0.05) is 0 Å². The molecular formula is C19H20N4O7S. The summed E-state index contributed by atoms with van der Waals surface area (Å²) in [7, 11) is -3.75. The Kier molecular flexibility index (Phi) is 5.74. The standard InChI is InChI=1S/C19H20N4O7S/c24-19(21-15-3-6-20-12-16(15)23(25)26)13-4-7-22(8-5-13)31(27,28)14-1-2-17-18(11-14)30-10-9-29-17/h1-3,6,11-13H,4-5,7-10H2,(H,20,21,24). The van der Waals surface area contributed by atoms with Crippen molar-refractivity contribution in [3.05, 3.63) is 46.8 Å². The van der Waals surface area contributed by atoms with Gasteiger partial charge in [0, 0.05) is 31.3 Å². The predicted molar refractivity (Wildman–Crippen MR) is 108 cm³/mol. The van der Waals surface area contributed by atoms with Gasteiger partial charge in [-0.25, -0.2) is 8.42 Å². The van der Waals surface area contributed by atoms with E-state index in [9.17, 15) is 23.3 Å². The lowest BCUT2D eigenvalue weighted by Crippen LogP contribution is -2.41. The van der Waals surface area contributed by atoms with Crippen LogP contribution in [0.25, 0.3) is 0 Å². The van der Waals surface area contributed by atoms with Gasteiger partial charge in [-0.05, 0) is 31.0 Å². The van der Waals surface area contributed by atoms with Crippen molar-refractivity contribution in [3.8, 4) is 11.5 Å². The van der Waals surface area contributed by atoms with Crippen LogP contribution < -0.4 is 14.8 Å². The number of hydrogen-bond acceptors (Lipinski definition) is 8. The van der Waals surface area contributed by atoms with Gasteiger partial charge in [-0.15, -0.1) is 0 Å². The van der Waals surface area contributed by atoms with Crippen molar-refractivity contribution in [2.45, 2.75) is 17.7 Å². The van der Waals surface area contributed by atoms with Gasteiger partial charge in [0.15, 0.2) is 11.5 Å². The number of nitrogens with one attached hydrogen (secondary N) is 1. The maximum atomic E-state index is 13.0. The second-order valence-electron chi connectivity index (χ2n) is 7.12. The van der Waals surface area contributed by atoms with Crippen molar-refractivity contribution in [2.24, 2.45) is 5.92 Å². The number of sulfonamides is 1. The van der Waals surface area contributed by atoms with Crippen LogP contribution in [0, 0.1) is 16.0 Å². The topological polar surface area (TPSA) is 141 Å². The maximum absolute atomic E-state index is 13.0. The van der Waals surface area contributed by atoms with Crippen LogP contribution in [-0.4, -0.2) is 54.8 Å². The van der Waals surface area contributed by atoms with Crippen LogP contribution in [0.1, 0.15) is 12.8 Å². The average molecular weight is 448 g/mol. The minimum absolute atomic E-state index is 0.0660. The molecule has 0 spiro atoms. The Morgan fingerprint density at radius 3 is 2.58 bits per heavy atom. The lowest BCUT2D eigenvalue weighted by molar-refractivity contribution is -0.384. The Bertz CT molecular complexity index is 1110. The highest BCUT2D eigenvalue weighted by Gasteiger charge is 2.33. The van der Waals surface area contributed by atoms with Crippen LogP contribution in [0.4, 0.5) is 11.4 Å². The zero-order chi connectivity index (χ0) is 22.0. The number of nitrogens with zero attached hydrogens (tertiary/aromatic N) is 3. The van der Waals surface area contributed by atoms with Gasteiger partial charge in [0.25, 0.3) is 0 Å². The molecule has 0 bridgehead atoms. The van der Waals surface area contributed by atoms with Crippen LogP contribution in [0.5, 0.6) is 11.5 Å². The number of ether oxygens (including phenoxy) is 2. The third-order valence-electron chi connectivity index (χ3n) is 5.23. The first-order valence-corrected chi connectivity index (χ1v) is 11.1. The minimum atomic E-state index is -3.75. The van der Waals surface area contributed by atoms with Crippen LogP contribution in [0.15, 0.2) is 41.6 Å². The van der Waals surface area contributed by atoms with E-state index in [1.54, 1.807) is 6.07 Å². The smallest absolute Gasteiger partial charge is 0.310 e. The number of pyridine rings is 1. The molecule has 0 aliphatic carbocycles. The number of carbonyl (C=O) groups is 1. The van der Waals surface area contributed by atoms with E-state index >= 15 is 0 Å². The van der Waals surface area contributed by atoms with E-state index in [1.807, 2.05) is 0 Å². The number of carbonyl (C=O) groups excluding carboxylic acids is 1. The Morgan fingerprint density at radius 1 is 1.16 bits per heavy atom. The molecule has 3 heterocycles. The molecule has 1 saturated heterocycles. The van der Waals surface area contributed by atoms with Gasteiger partial charge in [0.1, 0.15) is 25.1 Å². The lowest BCUT2D eigenvalue weighted by Gasteiger charge is -2.30.